The van der Waals surface area contributed by atoms with Crippen LogP contribution in [0.3, 0.4) is 0 Å². The summed E-state index contributed by atoms with van der Waals surface area (Å²) in [6.07, 6.45) is -0.748. The molecule has 1 aliphatic carbocycles. The number of nitrogens with zero attached hydrogens (tertiary/aromatic N) is 1. The molecule has 3 rings (SSSR count). The van der Waals surface area contributed by atoms with E-state index in [1.54, 1.807) is 18.2 Å². The maximum atomic E-state index is 12.5. The predicted octanol–water partition coefficient (Wildman–Crippen LogP) is 3.40. The Labute approximate surface area is 146 Å². The molecule has 6 nitrogen and oxygen atoms in total. The molecule has 1 aliphatic rings. The Bertz CT molecular complexity index is 859. The number of hydrogen-bond acceptors (Lipinski definition) is 6. The van der Waals surface area contributed by atoms with Crippen LogP contribution in [0, 0.1) is 5.92 Å². The van der Waals surface area contributed by atoms with E-state index in [9.17, 15) is 14.7 Å². The predicted molar refractivity (Wildman–Crippen MR) is 93.8 cm³/mol. The Morgan fingerprint density at radius 3 is 2.40 bits per heavy atom. The van der Waals surface area contributed by atoms with Crippen LogP contribution in [0.2, 0.25) is 0 Å². The molecule has 0 fully saturated rings. The van der Waals surface area contributed by atoms with Crippen LogP contribution in [-0.4, -0.2) is 27.9 Å². The van der Waals surface area contributed by atoms with Crippen molar-refractivity contribution in [2.45, 2.75) is 46.3 Å². The minimum absolute atomic E-state index is 0.00449. The number of oxazole rings is 1. The van der Waals surface area contributed by atoms with Crippen LogP contribution in [0.4, 0.5) is 5.69 Å². The second-order valence-corrected chi connectivity index (χ2v) is 7.70. The molecule has 0 amide bonds. The molecule has 132 valence electrons. The van der Waals surface area contributed by atoms with E-state index in [2.05, 4.69) is 10.3 Å². The molecule has 0 saturated carbocycles. The smallest absolute Gasteiger partial charge is 0.271 e. The average Bonchev–Trinajstić information content (AvgIpc) is 2.98. The molecule has 2 aromatic rings. The first kappa shape index (κ1) is 17.4. The highest BCUT2D eigenvalue weighted by atomic mass is 16.4. The number of hydrogen-bond donors (Lipinski definition) is 2. The van der Waals surface area contributed by atoms with Crippen LogP contribution in [0.5, 0.6) is 0 Å². The lowest BCUT2D eigenvalue weighted by Crippen LogP contribution is -2.25. The van der Waals surface area contributed by atoms with Crippen molar-refractivity contribution in [2.75, 3.05) is 5.32 Å². The molecule has 0 radical (unpaired) electrons. The summed E-state index contributed by atoms with van der Waals surface area (Å²) in [5, 5.41) is 12.9. The van der Waals surface area contributed by atoms with Gasteiger partial charge in [-0.25, -0.2) is 4.98 Å². The zero-order valence-corrected chi connectivity index (χ0v) is 15.0. The van der Waals surface area contributed by atoms with E-state index in [1.807, 2.05) is 34.6 Å². The minimum Gasteiger partial charge on any atom is -0.436 e. The third-order valence-corrected chi connectivity index (χ3v) is 4.15. The third kappa shape index (κ3) is 2.98. The molecule has 0 aliphatic heterocycles. The third-order valence-electron chi connectivity index (χ3n) is 4.15. The van der Waals surface area contributed by atoms with Crippen molar-refractivity contribution >= 4 is 17.3 Å². The number of ketones is 2. The molecule has 2 N–H and O–H groups in total. The zero-order chi connectivity index (χ0) is 18.5. The normalized spacial score (nSPS) is 15.2. The molecule has 25 heavy (non-hydrogen) atoms. The Morgan fingerprint density at radius 2 is 1.80 bits per heavy atom. The number of rotatable bonds is 3. The minimum atomic E-state index is -0.748. The average molecular weight is 342 g/mol. The number of benzene rings is 1. The van der Waals surface area contributed by atoms with E-state index in [-0.39, 0.29) is 22.7 Å². The number of Topliss-reactive ketones (excluding diaryl/α,β-unsaturated/α-hetero) is 2. The summed E-state index contributed by atoms with van der Waals surface area (Å²) in [7, 11) is 0. The van der Waals surface area contributed by atoms with Gasteiger partial charge in [-0.3, -0.25) is 9.59 Å². The van der Waals surface area contributed by atoms with Gasteiger partial charge < -0.3 is 14.8 Å². The first-order valence-corrected chi connectivity index (χ1v) is 8.29. The number of aliphatic hydroxyl groups excluding tert-OH is 1. The molecule has 0 saturated heterocycles. The lowest BCUT2D eigenvalue weighted by molar-refractivity contribution is 0.0797. The second kappa shape index (κ2) is 5.81. The summed E-state index contributed by atoms with van der Waals surface area (Å²) in [6.45, 7) is 9.54. The molecule has 0 spiro atoms. The quantitative estimate of drug-likeness (QED) is 0.656. The molecule has 1 aromatic heterocycles. The fourth-order valence-corrected chi connectivity index (χ4v) is 2.57. The van der Waals surface area contributed by atoms with Crippen molar-refractivity contribution in [2.24, 2.45) is 5.92 Å². The van der Waals surface area contributed by atoms with Crippen molar-refractivity contribution in [1.82, 2.24) is 4.98 Å². The Kier molecular flexibility index (Phi) is 4.03. The SMILES string of the molecule is CC(C)C(O)Nc1ccc2c(c1)C(=O)C(=O)c1oc(C(C)(C)C)nc1-2. The molecule has 1 unspecified atom stereocenters. The molecule has 0 bridgehead atoms. The van der Waals surface area contributed by atoms with Gasteiger partial charge in [-0.15, -0.1) is 0 Å². The first-order chi connectivity index (χ1) is 11.6. The number of anilines is 1. The van der Waals surface area contributed by atoms with Crippen molar-refractivity contribution in [3.05, 3.63) is 35.4 Å². The van der Waals surface area contributed by atoms with E-state index in [4.69, 9.17) is 4.42 Å². The van der Waals surface area contributed by atoms with Gasteiger partial charge >= 0.3 is 0 Å². The molecular weight excluding hydrogens is 320 g/mol. The van der Waals surface area contributed by atoms with Gasteiger partial charge in [0, 0.05) is 22.2 Å². The van der Waals surface area contributed by atoms with Gasteiger partial charge in [-0.1, -0.05) is 34.6 Å². The van der Waals surface area contributed by atoms with Gasteiger partial charge in [0.15, 0.2) is 0 Å². The second-order valence-electron chi connectivity index (χ2n) is 7.70. The van der Waals surface area contributed by atoms with Crippen LogP contribution >= 0.6 is 0 Å². The topological polar surface area (TPSA) is 92.4 Å². The summed E-state index contributed by atoms with van der Waals surface area (Å²) in [5.41, 5.74) is 1.45. The highest BCUT2D eigenvalue weighted by molar-refractivity contribution is 6.52. The summed E-state index contributed by atoms with van der Waals surface area (Å²) >= 11 is 0. The van der Waals surface area contributed by atoms with Crippen molar-refractivity contribution < 1.29 is 19.1 Å². The fourth-order valence-electron chi connectivity index (χ4n) is 2.57. The van der Waals surface area contributed by atoms with E-state index < -0.39 is 17.8 Å². The van der Waals surface area contributed by atoms with Gasteiger partial charge in [0.2, 0.25) is 17.4 Å². The number of nitrogens with one attached hydrogen (secondary N) is 1. The van der Waals surface area contributed by atoms with Crippen LogP contribution in [0.25, 0.3) is 11.3 Å². The molecular formula is C19H22N2O4. The van der Waals surface area contributed by atoms with Gasteiger partial charge in [0.25, 0.3) is 5.78 Å². The zero-order valence-electron chi connectivity index (χ0n) is 15.0. The van der Waals surface area contributed by atoms with Gasteiger partial charge in [-0.05, 0) is 24.1 Å². The number of carbonyl (C=O) groups excluding carboxylic acids is 2. The van der Waals surface area contributed by atoms with E-state index in [1.165, 1.54) is 0 Å². The van der Waals surface area contributed by atoms with Crippen LogP contribution in [0.1, 0.15) is 61.4 Å². The van der Waals surface area contributed by atoms with Crippen LogP contribution < -0.4 is 5.32 Å². The lowest BCUT2D eigenvalue weighted by Gasteiger charge is -2.19. The van der Waals surface area contributed by atoms with Gasteiger partial charge in [-0.2, -0.15) is 0 Å². The van der Waals surface area contributed by atoms with Crippen LogP contribution in [-0.2, 0) is 5.41 Å². The first-order valence-electron chi connectivity index (χ1n) is 8.29. The van der Waals surface area contributed by atoms with Gasteiger partial charge in [0.05, 0.1) is 0 Å². The highest BCUT2D eigenvalue weighted by Crippen LogP contribution is 2.37. The fraction of sp³-hybridized carbons (Fsp3) is 0.421. The van der Waals surface area contributed by atoms with Gasteiger partial charge in [0.1, 0.15) is 11.9 Å². The summed E-state index contributed by atoms with van der Waals surface area (Å²) in [6, 6.07) is 5.06. The standard InChI is InChI=1S/C19H22N2O4/c1-9(2)17(24)20-10-6-7-11-12(8-10)14(22)15(23)16-13(11)21-18(25-16)19(3,4)5/h6-9,17,20,24H,1-5H3. The highest BCUT2D eigenvalue weighted by Gasteiger charge is 2.37. The maximum absolute atomic E-state index is 12.5. The number of aromatic nitrogens is 1. The number of aliphatic hydroxyl groups is 1. The van der Waals surface area contributed by atoms with Crippen LogP contribution in [0.15, 0.2) is 22.6 Å². The molecule has 1 atom stereocenters. The van der Waals surface area contributed by atoms with E-state index >= 15 is 0 Å². The molecule has 1 aromatic carbocycles. The van der Waals surface area contributed by atoms with Crippen molar-refractivity contribution in [3.8, 4) is 11.3 Å². The number of fused-ring (bicyclic) bond motifs is 3. The number of carbonyl (C=O) groups is 2. The van der Waals surface area contributed by atoms with E-state index in [0.717, 1.165) is 0 Å². The van der Waals surface area contributed by atoms with Crippen molar-refractivity contribution in [1.29, 1.82) is 0 Å². The maximum Gasteiger partial charge on any atom is 0.271 e. The lowest BCUT2D eigenvalue weighted by atomic mass is 9.90. The van der Waals surface area contributed by atoms with Crippen molar-refractivity contribution in [3.63, 3.8) is 0 Å². The molecule has 1 heterocycles. The summed E-state index contributed by atoms with van der Waals surface area (Å²) in [5.74, 6) is -0.881. The van der Waals surface area contributed by atoms with E-state index in [0.29, 0.717) is 22.8 Å². The summed E-state index contributed by atoms with van der Waals surface area (Å²) in [4.78, 5) is 29.3. The molecule has 6 heteroatoms. The Hall–Kier alpha value is -2.47. The summed E-state index contributed by atoms with van der Waals surface area (Å²) < 4.78 is 5.60. The Morgan fingerprint density at radius 1 is 1.12 bits per heavy atom. The largest absolute Gasteiger partial charge is 0.436 e. The Balaban J connectivity index is 2.08. The monoisotopic (exact) mass is 342 g/mol.